The maximum Gasteiger partial charge on any atom is 0.296 e. The van der Waals surface area contributed by atoms with Crippen LogP contribution in [0.15, 0.2) is 102 Å². The van der Waals surface area contributed by atoms with Crippen LogP contribution in [-0.4, -0.2) is 15.0 Å². The number of hydrogen-bond donors (Lipinski definition) is 0. The number of aryl methyl sites for hydroxylation is 1. The Balaban J connectivity index is 1.55. The first-order valence-corrected chi connectivity index (χ1v) is 14.5. The van der Waals surface area contributed by atoms with Gasteiger partial charge in [-0.2, -0.15) is 8.42 Å². The van der Waals surface area contributed by atoms with Crippen molar-refractivity contribution in [1.82, 2.24) is 0 Å². The Hall–Kier alpha value is -2.04. The summed E-state index contributed by atoms with van der Waals surface area (Å²) in [6.45, 7) is 2.09. The molecule has 0 aliphatic rings. The highest BCUT2D eigenvalue weighted by molar-refractivity contribution is 8.23. The lowest BCUT2D eigenvalue weighted by atomic mass is 10.2. The topological polar surface area (TPSA) is 43.4 Å². The highest BCUT2D eigenvalue weighted by Gasteiger charge is 2.18. The normalized spacial score (nSPS) is 12.3. The molecule has 31 heavy (non-hydrogen) atoms. The molecule has 0 unspecified atom stereocenters. The molecule has 3 aromatic rings. The summed E-state index contributed by atoms with van der Waals surface area (Å²) in [5.41, 5.74) is 1.01. The second-order valence-electron chi connectivity index (χ2n) is 7.30. The van der Waals surface area contributed by atoms with Gasteiger partial charge in [0.25, 0.3) is 10.1 Å². The van der Waals surface area contributed by atoms with Crippen molar-refractivity contribution in [3.8, 4) is 0 Å². The molecule has 0 radical (unpaired) electrons. The molecular formula is C25H27O3PS2. The molecule has 0 bridgehead atoms. The van der Waals surface area contributed by atoms with Crippen molar-refractivity contribution in [2.45, 2.75) is 31.1 Å². The number of benzene rings is 3. The van der Waals surface area contributed by atoms with Crippen LogP contribution in [0.25, 0.3) is 0 Å². The van der Waals surface area contributed by atoms with E-state index in [0.717, 1.165) is 18.4 Å². The van der Waals surface area contributed by atoms with Gasteiger partial charge < -0.3 is 0 Å². The summed E-state index contributed by atoms with van der Waals surface area (Å²) in [7, 11) is -3.69. The molecule has 0 saturated carbocycles. The first kappa shape index (κ1) is 23.6. The Labute approximate surface area is 190 Å². The Morgan fingerprint density at radius 3 is 1.94 bits per heavy atom. The summed E-state index contributed by atoms with van der Waals surface area (Å²) in [6, 6.07) is 25.2. The Bertz CT molecular complexity index is 1100. The summed E-state index contributed by atoms with van der Waals surface area (Å²) >= 11 is 6.17. The Morgan fingerprint density at radius 1 is 0.839 bits per heavy atom. The van der Waals surface area contributed by atoms with Gasteiger partial charge in [0.05, 0.1) is 11.5 Å². The zero-order chi connectivity index (χ0) is 22.2. The summed E-state index contributed by atoms with van der Waals surface area (Å²) in [4.78, 5) is 0.199. The van der Waals surface area contributed by atoms with Crippen molar-refractivity contribution < 1.29 is 12.6 Å². The minimum atomic E-state index is -3.69. The SMILES string of the molecule is Cc1ccc(S(=O)(=O)OCCCC/C=C/P(=S)(c2ccccc2)c2ccccc2)cc1. The smallest absolute Gasteiger partial charge is 0.266 e. The highest BCUT2D eigenvalue weighted by Crippen LogP contribution is 2.45. The van der Waals surface area contributed by atoms with E-state index in [9.17, 15) is 8.42 Å². The lowest BCUT2D eigenvalue weighted by Gasteiger charge is -2.19. The van der Waals surface area contributed by atoms with E-state index in [1.807, 2.05) is 43.3 Å². The fraction of sp³-hybridized carbons (Fsp3) is 0.200. The van der Waals surface area contributed by atoms with Gasteiger partial charge in [-0.3, -0.25) is 4.18 Å². The van der Waals surface area contributed by atoms with Crippen molar-refractivity contribution in [2.24, 2.45) is 0 Å². The van der Waals surface area contributed by atoms with Crippen molar-refractivity contribution in [2.75, 3.05) is 6.61 Å². The van der Waals surface area contributed by atoms with Crippen LogP contribution in [-0.2, 0) is 26.1 Å². The number of unbranched alkanes of at least 4 members (excludes halogenated alkanes) is 2. The molecule has 3 rings (SSSR count). The van der Waals surface area contributed by atoms with Crippen molar-refractivity contribution >= 4 is 38.6 Å². The van der Waals surface area contributed by atoms with Crippen molar-refractivity contribution in [1.29, 1.82) is 0 Å². The molecule has 0 saturated heterocycles. The van der Waals surface area contributed by atoms with Crippen molar-refractivity contribution in [3.63, 3.8) is 0 Å². The van der Waals surface area contributed by atoms with E-state index < -0.39 is 16.2 Å². The lowest BCUT2D eigenvalue weighted by molar-refractivity contribution is 0.309. The van der Waals surface area contributed by atoms with E-state index in [4.69, 9.17) is 16.0 Å². The molecule has 3 nitrogen and oxygen atoms in total. The molecule has 0 atom stereocenters. The third kappa shape index (κ3) is 6.47. The maximum atomic E-state index is 12.2. The fourth-order valence-electron chi connectivity index (χ4n) is 3.15. The number of allylic oxidation sites excluding steroid dienone is 1. The quantitative estimate of drug-likeness (QED) is 0.222. The van der Waals surface area contributed by atoms with Gasteiger partial charge >= 0.3 is 0 Å². The van der Waals surface area contributed by atoms with Gasteiger partial charge in [0, 0.05) is 6.04 Å². The summed E-state index contributed by atoms with van der Waals surface area (Å²) in [5.74, 6) is 2.18. The van der Waals surface area contributed by atoms with Crippen LogP contribution in [0, 0.1) is 6.92 Å². The Morgan fingerprint density at radius 2 is 1.39 bits per heavy atom. The van der Waals surface area contributed by atoms with Crippen molar-refractivity contribution in [3.05, 3.63) is 102 Å². The van der Waals surface area contributed by atoms with Crippen LogP contribution in [0.3, 0.4) is 0 Å². The van der Waals surface area contributed by atoms with Crippen LogP contribution in [0.2, 0.25) is 0 Å². The van der Waals surface area contributed by atoms with Gasteiger partial charge in [0.1, 0.15) is 0 Å². The first-order valence-electron chi connectivity index (χ1n) is 10.3. The molecule has 0 amide bonds. The summed E-state index contributed by atoms with van der Waals surface area (Å²) in [5, 5.41) is 2.33. The third-order valence-electron chi connectivity index (χ3n) is 4.91. The largest absolute Gasteiger partial charge is 0.296 e. The molecule has 162 valence electrons. The van der Waals surface area contributed by atoms with Gasteiger partial charge in [-0.25, -0.2) is 0 Å². The van der Waals surface area contributed by atoms with Gasteiger partial charge in [-0.15, -0.1) is 0 Å². The second kappa shape index (κ2) is 11.0. The Kier molecular flexibility index (Phi) is 8.39. The predicted molar refractivity (Wildman–Crippen MR) is 134 cm³/mol. The van der Waals surface area contributed by atoms with E-state index in [2.05, 4.69) is 36.2 Å². The van der Waals surface area contributed by atoms with Crippen LogP contribution < -0.4 is 10.6 Å². The average Bonchev–Trinajstić information content (AvgIpc) is 2.79. The predicted octanol–water partition coefficient (Wildman–Crippen LogP) is 5.51. The minimum absolute atomic E-state index is 0.176. The van der Waals surface area contributed by atoms with Gasteiger partial charge in [-0.1, -0.05) is 96.2 Å². The van der Waals surface area contributed by atoms with Crippen LogP contribution in [0.1, 0.15) is 24.8 Å². The molecule has 0 aromatic heterocycles. The van der Waals surface area contributed by atoms with E-state index in [1.165, 1.54) is 10.6 Å². The minimum Gasteiger partial charge on any atom is -0.266 e. The standard InChI is InChI=1S/C25H27O3PS2/c1-22-16-18-25(19-17-22)31(26,27)28-20-10-2-3-11-21-29(30,23-12-6-4-7-13-23)24-14-8-5-9-15-24/h4-9,11-19,21H,2-3,10,20H2,1H3/b21-11+. The van der Waals surface area contributed by atoms with E-state index in [0.29, 0.717) is 6.42 Å². The molecular weight excluding hydrogens is 443 g/mol. The van der Waals surface area contributed by atoms with Gasteiger partial charge in [0.15, 0.2) is 0 Å². The fourth-order valence-corrected chi connectivity index (χ4v) is 7.40. The molecule has 0 aliphatic carbocycles. The lowest BCUT2D eigenvalue weighted by Crippen LogP contribution is -2.13. The van der Waals surface area contributed by atoms with E-state index in [-0.39, 0.29) is 11.5 Å². The molecule has 0 spiro atoms. The maximum absolute atomic E-state index is 12.2. The monoisotopic (exact) mass is 470 g/mol. The zero-order valence-corrected chi connectivity index (χ0v) is 20.1. The number of hydrogen-bond acceptors (Lipinski definition) is 4. The molecule has 0 heterocycles. The van der Waals surface area contributed by atoms with E-state index in [1.54, 1.807) is 24.3 Å². The molecule has 3 aromatic carbocycles. The highest BCUT2D eigenvalue weighted by atomic mass is 32.4. The second-order valence-corrected chi connectivity index (χ2v) is 13.3. The van der Waals surface area contributed by atoms with Crippen LogP contribution >= 0.6 is 6.04 Å². The summed E-state index contributed by atoms with van der Waals surface area (Å²) < 4.78 is 29.6. The molecule has 0 fully saturated rings. The number of rotatable bonds is 10. The molecule has 0 N–H and O–H groups in total. The molecule has 6 heteroatoms. The first-order chi connectivity index (χ1) is 14.9. The van der Waals surface area contributed by atoms with E-state index >= 15 is 0 Å². The zero-order valence-electron chi connectivity index (χ0n) is 17.6. The van der Waals surface area contributed by atoms with Gasteiger partial charge in [-0.05, 0) is 54.7 Å². The summed E-state index contributed by atoms with van der Waals surface area (Å²) in [6.07, 6.45) is 4.45. The van der Waals surface area contributed by atoms with Crippen LogP contribution in [0.4, 0.5) is 0 Å². The average molecular weight is 471 g/mol. The third-order valence-corrected chi connectivity index (χ3v) is 10.6. The molecule has 0 aliphatic heterocycles. The van der Waals surface area contributed by atoms with Crippen LogP contribution in [0.5, 0.6) is 0 Å². The van der Waals surface area contributed by atoms with Gasteiger partial charge in [0.2, 0.25) is 0 Å².